The Bertz CT molecular complexity index is 457. The summed E-state index contributed by atoms with van der Waals surface area (Å²) in [6.07, 6.45) is -0.195. The first-order chi connectivity index (χ1) is 6.97. The molecule has 1 heterocycles. The fourth-order valence-corrected chi connectivity index (χ4v) is 1.20. The molecule has 0 saturated heterocycles. The van der Waals surface area contributed by atoms with Crippen LogP contribution in [0.1, 0.15) is 16.2 Å². The van der Waals surface area contributed by atoms with E-state index < -0.39 is 17.6 Å². The predicted molar refractivity (Wildman–Crippen MR) is 50.3 cm³/mol. The van der Waals surface area contributed by atoms with Gasteiger partial charge in [-0.3, -0.25) is 14.3 Å². The molecule has 0 saturated carbocycles. The van der Waals surface area contributed by atoms with Crippen molar-refractivity contribution in [2.45, 2.75) is 6.42 Å². The highest BCUT2D eigenvalue weighted by Gasteiger charge is 2.19. The fourth-order valence-electron chi connectivity index (χ4n) is 1.20. The molecule has 1 aromatic heterocycles. The molecule has 1 aromatic rings. The van der Waals surface area contributed by atoms with Crippen molar-refractivity contribution in [1.29, 1.82) is 0 Å². The van der Waals surface area contributed by atoms with Crippen LogP contribution in [0.25, 0.3) is 0 Å². The molecule has 0 atom stereocenters. The molecule has 0 bridgehead atoms. The van der Waals surface area contributed by atoms with Crippen molar-refractivity contribution >= 4 is 11.9 Å². The average molecular weight is 213 g/mol. The van der Waals surface area contributed by atoms with Gasteiger partial charge in [0.05, 0.1) is 19.2 Å². The van der Waals surface area contributed by atoms with E-state index >= 15 is 0 Å². The van der Waals surface area contributed by atoms with Crippen molar-refractivity contribution < 1.29 is 14.3 Å². The topological polar surface area (TPSA) is 107 Å². The van der Waals surface area contributed by atoms with Crippen LogP contribution in [0.3, 0.4) is 0 Å². The highest BCUT2D eigenvalue weighted by atomic mass is 16.5. The average Bonchev–Trinajstić information content (AvgIpc) is 2.44. The van der Waals surface area contributed by atoms with E-state index in [-0.39, 0.29) is 17.8 Å². The lowest BCUT2D eigenvalue weighted by molar-refractivity contribution is -0.117. The maximum absolute atomic E-state index is 11.2. The number of aromatic amines is 1. The van der Waals surface area contributed by atoms with E-state index in [1.165, 1.54) is 14.2 Å². The van der Waals surface area contributed by atoms with Gasteiger partial charge in [-0.25, -0.2) is 9.59 Å². The highest BCUT2D eigenvalue weighted by molar-refractivity contribution is 5.90. The lowest BCUT2D eigenvalue weighted by Crippen LogP contribution is -2.20. The Morgan fingerprint density at radius 3 is 2.60 bits per heavy atom. The van der Waals surface area contributed by atoms with Crippen molar-refractivity contribution in [3.8, 4) is 0 Å². The first-order valence-electron chi connectivity index (χ1n) is 4.11. The van der Waals surface area contributed by atoms with Crippen molar-refractivity contribution in [2.24, 2.45) is 12.8 Å². The molecule has 0 radical (unpaired) electrons. The fraction of sp³-hybridized carbons (Fsp3) is 0.375. The van der Waals surface area contributed by atoms with Gasteiger partial charge in [0.15, 0.2) is 0 Å². The van der Waals surface area contributed by atoms with Crippen LogP contribution in [0.5, 0.6) is 0 Å². The molecule has 82 valence electrons. The SMILES string of the molecule is COC(=O)c1[nH]c(=O)n(C)c1CC(N)=O. The van der Waals surface area contributed by atoms with E-state index in [9.17, 15) is 14.4 Å². The third-order valence-corrected chi connectivity index (χ3v) is 1.96. The number of carbonyl (C=O) groups is 2. The minimum Gasteiger partial charge on any atom is -0.464 e. The van der Waals surface area contributed by atoms with Crippen molar-refractivity contribution in [3.63, 3.8) is 0 Å². The lowest BCUT2D eigenvalue weighted by Gasteiger charge is -2.01. The number of hydrogen-bond donors (Lipinski definition) is 2. The molecule has 0 spiro atoms. The molecule has 0 aliphatic heterocycles. The van der Waals surface area contributed by atoms with Crippen LogP contribution in [-0.4, -0.2) is 28.5 Å². The number of primary amides is 1. The molecule has 0 aliphatic carbocycles. The molecule has 7 nitrogen and oxygen atoms in total. The molecule has 0 unspecified atom stereocenters. The van der Waals surface area contributed by atoms with Gasteiger partial charge < -0.3 is 10.5 Å². The number of ether oxygens (including phenoxy) is 1. The molecule has 0 aliphatic rings. The maximum Gasteiger partial charge on any atom is 0.356 e. The highest BCUT2D eigenvalue weighted by Crippen LogP contribution is 2.05. The molecule has 0 aromatic carbocycles. The summed E-state index contributed by atoms with van der Waals surface area (Å²) in [6, 6.07) is 0. The molecule has 3 N–H and O–H groups in total. The van der Waals surface area contributed by atoms with E-state index in [1.54, 1.807) is 0 Å². The Labute approximate surface area is 84.8 Å². The number of carbonyl (C=O) groups excluding carboxylic acids is 2. The van der Waals surface area contributed by atoms with Gasteiger partial charge in [-0.15, -0.1) is 0 Å². The standard InChI is InChI=1S/C8H11N3O4/c1-11-4(3-5(9)12)6(7(13)15-2)10-8(11)14/h3H2,1-2H3,(H2,9,12)(H,10,14). The smallest absolute Gasteiger partial charge is 0.356 e. The zero-order chi connectivity index (χ0) is 11.6. The molecular formula is C8H11N3O4. The van der Waals surface area contributed by atoms with Crippen molar-refractivity contribution in [1.82, 2.24) is 9.55 Å². The summed E-state index contributed by atoms with van der Waals surface area (Å²) in [5.41, 5.74) is 4.68. The number of nitrogens with zero attached hydrogens (tertiary/aromatic N) is 1. The van der Waals surface area contributed by atoms with Crippen LogP contribution in [-0.2, 0) is 23.0 Å². The Balaban J connectivity index is 3.26. The molecule has 0 fully saturated rings. The predicted octanol–water partition coefficient (Wildman–Crippen LogP) is -1.47. The number of aromatic nitrogens is 2. The monoisotopic (exact) mass is 213 g/mol. The quantitative estimate of drug-likeness (QED) is 0.597. The second-order valence-corrected chi connectivity index (χ2v) is 2.95. The van der Waals surface area contributed by atoms with Crippen LogP contribution in [0, 0.1) is 0 Å². The summed E-state index contributed by atoms with van der Waals surface area (Å²) in [7, 11) is 2.62. The summed E-state index contributed by atoms with van der Waals surface area (Å²) in [4.78, 5) is 35.5. The summed E-state index contributed by atoms with van der Waals surface area (Å²) in [5.74, 6) is -1.33. The molecule has 1 amide bonds. The van der Waals surface area contributed by atoms with Crippen LogP contribution in [0.15, 0.2) is 4.79 Å². The van der Waals surface area contributed by atoms with E-state index in [2.05, 4.69) is 9.72 Å². The number of hydrogen-bond acceptors (Lipinski definition) is 4. The molecular weight excluding hydrogens is 202 g/mol. The van der Waals surface area contributed by atoms with E-state index in [0.717, 1.165) is 4.57 Å². The summed E-state index contributed by atoms with van der Waals surface area (Å²) in [6.45, 7) is 0. The Hall–Kier alpha value is -2.05. The van der Waals surface area contributed by atoms with Crippen LogP contribution in [0.4, 0.5) is 0 Å². The largest absolute Gasteiger partial charge is 0.464 e. The normalized spacial score (nSPS) is 10.0. The maximum atomic E-state index is 11.2. The number of esters is 1. The van der Waals surface area contributed by atoms with Crippen molar-refractivity contribution in [3.05, 3.63) is 21.9 Å². The number of nitrogens with two attached hydrogens (primary N) is 1. The second-order valence-electron chi connectivity index (χ2n) is 2.95. The van der Waals surface area contributed by atoms with Crippen LogP contribution >= 0.6 is 0 Å². The van der Waals surface area contributed by atoms with Gasteiger partial charge in [0.1, 0.15) is 5.69 Å². The van der Waals surface area contributed by atoms with Gasteiger partial charge in [0, 0.05) is 7.05 Å². The Morgan fingerprint density at radius 1 is 1.53 bits per heavy atom. The summed E-state index contributed by atoms with van der Waals surface area (Å²) in [5, 5.41) is 0. The van der Waals surface area contributed by atoms with Gasteiger partial charge in [0.25, 0.3) is 0 Å². The molecule has 1 rings (SSSR count). The summed E-state index contributed by atoms with van der Waals surface area (Å²) < 4.78 is 5.60. The number of methoxy groups -OCH3 is 1. The van der Waals surface area contributed by atoms with Crippen LogP contribution < -0.4 is 11.4 Å². The van der Waals surface area contributed by atoms with Gasteiger partial charge in [-0.1, -0.05) is 0 Å². The van der Waals surface area contributed by atoms with Crippen LogP contribution in [0.2, 0.25) is 0 Å². The first-order valence-corrected chi connectivity index (χ1v) is 4.11. The first kappa shape index (κ1) is 11.0. The van der Waals surface area contributed by atoms with Gasteiger partial charge in [-0.2, -0.15) is 0 Å². The minimum atomic E-state index is -0.705. The molecule has 7 heteroatoms. The Morgan fingerprint density at radius 2 is 2.13 bits per heavy atom. The number of amides is 1. The van der Waals surface area contributed by atoms with E-state index in [1.807, 2.05) is 0 Å². The van der Waals surface area contributed by atoms with Crippen molar-refractivity contribution in [2.75, 3.05) is 7.11 Å². The van der Waals surface area contributed by atoms with Gasteiger partial charge in [0.2, 0.25) is 5.91 Å². The number of nitrogens with one attached hydrogen (secondary N) is 1. The lowest BCUT2D eigenvalue weighted by atomic mass is 10.2. The second kappa shape index (κ2) is 3.99. The number of H-pyrrole nitrogens is 1. The zero-order valence-corrected chi connectivity index (χ0v) is 8.36. The number of imidazole rings is 1. The van der Waals surface area contributed by atoms with E-state index in [0.29, 0.717) is 0 Å². The van der Waals surface area contributed by atoms with Gasteiger partial charge in [-0.05, 0) is 0 Å². The third-order valence-electron chi connectivity index (χ3n) is 1.96. The zero-order valence-electron chi connectivity index (χ0n) is 8.36. The van der Waals surface area contributed by atoms with Gasteiger partial charge >= 0.3 is 11.7 Å². The minimum absolute atomic E-state index is 0.0381. The number of rotatable bonds is 3. The van der Waals surface area contributed by atoms with E-state index in [4.69, 9.17) is 5.73 Å². The third kappa shape index (κ3) is 2.06. The Kier molecular flexibility index (Phi) is 2.93. The molecule has 15 heavy (non-hydrogen) atoms. The summed E-state index contributed by atoms with van der Waals surface area (Å²) >= 11 is 0.